The van der Waals surface area contributed by atoms with Crippen LogP contribution in [0.4, 0.5) is 0 Å². The van der Waals surface area contributed by atoms with E-state index in [2.05, 4.69) is 6.58 Å². The van der Waals surface area contributed by atoms with E-state index in [0.717, 1.165) is 0 Å². The third-order valence-corrected chi connectivity index (χ3v) is 0.167. The first kappa shape index (κ1) is 8.82. The summed E-state index contributed by atoms with van der Waals surface area (Å²) in [5.74, 6) is 0. The molecule has 0 atom stereocenters. The lowest BCUT2D eigenvalue weighted by Gasteiger charge is -1.61. The van der Waals surface area contributed by atoms with Crippen molar-refractivity contribution in [3.05, 3.63) is 12.7 Å². The van der Waals surface area contributed by atoms with E-state index in [1.54, 1.807) is 6.08 Å². The van der Waals surface area contributed by atoms with Gasteiger partial charge >= 0.3 is 0 Å². The van der Waals surface area contributed by atoms with Gasteiger partial charge in [0.1, 0.15) is 0 Å². The summed E-state index contributed by atoms with van der Waals surface area (Å²) in [5.41, 5.74) is 4.91. The molecular formula is C3H9NO. The highest BCUT2D eigenvalue weighted by Crippen LogP contribution is 1.40. The van der Waals surface area contributed by atoms with Gasteiger partial charge < -0.3 is 11.2 Å². The van der Waals surface area contributed by atoms with Crippen molar-refractivity contribution in [3.63, 3.8) is 0 Å². The Hall–Kier alpha value is -0.340. The van der Waals surface area contributed by atoms with E-state index >= 15 is 0 Å². The van der Waals surface area contributed by atoms with Crippen molar-refractivity contribution in [2.75, 3.05) is 6.54 Å². The second-order valence-electron chi connectivity index (χ2n) is 0.524. The van der Waals surface area contributed by atoms with Crippen LogP contribution in [0.1, 0.15) is 0 Å². The molecule has 0 spiro atoms. The van der Waals surface area contributed by atoms with Gasteiger partial charge in [0.05, 0.1) is 0 Å². The van der Waals surface area contributed by atoms with Crippen LogP contribution in [-0.4, -0.2) is 12.0 Å². The fourth-order valence-corrected chi connectivity index (χ4v) is 0. The molecular weight excluding hydrogens is 66.0 g/mol. The molecule has 0 saturated carbocycles. The summed E-state index contributed by atoms with van der Waals surface area (Å²) < 4.78 is 0. The van der Waals surface area contributed by atoms with E-state index in [0.29, 0.717) is 6.54 Å². The molecule has 0 radical (unpaired) electrons. The first-order chi connectivity index (χ1) is 1.91. The standard InChI is InChI=1S/C3H7N.H2O/c1-2-3-4;/h2H,1,3-4H2;1H2. The minimum absolute atomic E-state index is 0. The van der Waals surface area contributed by atoms with Crippen molar-refractivity contribution >= 4 is 0 Å². The number of rotatable bonds is 1. The summed E-state index contributed by atoms with van der Waals surface area (Å²) in [6.45, 7) is 3.94. The van der Waals surface area contributed by atoms with Crippen LogP contribution in [-0.2, 0) is 0 Å². The zero-order valence-corrected chi connectivity index (χ0v) is 3.07. The summed E-state index contributed by atoms with van der Waals surface area (Å²) in [6, 6.07) is 0. The van der Waals surface area contributed by atoms with Gasteiger partial charge in [-0.3, -0.25) is 0 Å². The highest BCUT2D eigenvalue weighted by Gasteiger charge is 1.43. The molecule has 0 unspecified atom stereocenters. The Kier molecular flexibility index (Phi) is 16.6. The van der Waals surface area contributed by atoms with Crippen molar-refractivity contribution in [3.8, 4) is 0 Å². The maximum atomic E-state index is 4.91. The highest BCUT2D eigenvalue weighted by molar-refractivity contribution is 4.64. The molecule has 0 amide bonds. The summed E-state index contributed by atoms with van der Waals surface area (Å²) in [4.78, 5) is 0. The second-order valence-corrected chi connectivity index (χ2v) is 0.524. The minimum atomic E-state index is 0. The smallest absolute Gasteiger partial charge is 0.0104 e. The SMILES string of the molecule is C=CCN.O. The number of hydrogen-bond donors (Lipinski definition) is 1. The molecule has 0 rings (SSSR count). The Morgan fingerprint density at radius 1 is 1.80 bits per heavy atom. The van der Waals surface area contributed by atoms with Crippen LogP contribution in [0.25, 0.3) is 0 Å². The second kappa shape index (κ2) is 9.40. The monoisotopic (exact) mass is 75.1 g/mol. The fourth-order valence-electron chi connectivity index (χ4n) is 0. The third-order valence-electron chi connectivity index (χ3n) is 0.167. The molecule has 4 N–H and O–H groups in total. The van der Waals surface area contributed by atoms with Crippen LogP contribution in [0, 0.1) is 0 Å². The van der Waals surface area contributed by atoms with Crippen molar-refractivity contribution in [1.82, 2.24) is 0 Å². The van der Waals surface area contributed by atoms with Crippen LogP contribution >= 0.6 is 0 Å². The van der Waals surface area contributed by atoms with E-state index in [-0.39, 0.29) is 5.48 Å². The molecule has 0 aliphatic carbocycles. The van der Waals surface area contributed by atoms with Crippen molar-refractivity contribution in [1.29, 1.82) is 0 Å². The van der Waals surface area contributed by atoms with Gasteiger partial charge in [-0.05, 0) is 0 Å². The summed E-state index contributed by atoms with van der Waals surface area (Å²) >= 11 is 0. The molecule has 0 aromatic heterocycles. The maximum Gasteiger partial charge on any atom is 0.0104 e. The molecule has 0 aromatic carbocycles. The van der Waals surface area contributed by atoms with Crippen LogP contribution in [0.3, 0.4) is 0 Å². The van der Waals surface area contributed by atoms with Gasteiger partial charge in [0.15, 0.2) is 0 Å². The highest BCUT2D eigenvalue weighted by atomic mass is 16.0. The predicted molar refractivity (Wildman–Crippen MR) is 22.9 cm³/mol. The van der Waals surface area contributed by atoms with Gasteiger partial charge in [-0.2, -0.15) is 0 Å². The lowest BCUT2D eigenvalue weighted by Crippen LogP contribution is -1.90. The average molecular weight is 75.1 g/mol. The molecule has 0 aliphatic rings. The molecule has 2 heteroatoms. The Morgan fingerprint density at radius 2 is 2.00 bits per heavy atom. The lowest BCUT2D eigenvalue weighted by atomic mass is 10.7. The molecule has 0 aliphatic heterocycles. The van der Waals surface area contributed by atoms with E-state index in [1.165, 1.54) is 0 Å². The molecule has 0 bridgehead atoms. The van der Waals surface area contributed by atoms with Crippen molar-refractivity contribution in [2.24, 2.45) is 5.73 Å². The maximum absolute atomic E-state index is 4.91. The summed E-state index contributed by atoms with van der Waals surface area (Å²) in [6.07, 6.45) is 1.65. The third kappa shape index (κ3) is 23.2. The molecule has 0 heterocycles. The molecule has 0 saturated heterocycles. The van der Waals surface area contributed by atoms with Gasteiger partial charge in [0, 0.05) is 6.54 Å². The zero-order valence-electron chi connectivity index (χ0n) is 3.07. The first-order valence-corrected chi connectivity index (χ1v) is 1.22. The zero-order chi connectivity index (χ0) is 3.41. The van der Waals surface area contributed by atoms with E-state index in [4.69, 9.17) is 5.73 Å². The van der Waals surface area contributed by atoms with Crippen LogP contribution < -0.4 is 5.73 Å². The van der Waals surface area contributed by atoms with Crippen molar-refractivity contribution in [2.45, 2.75) is 0 Å². The average Bonchev–Trinajstić information content (AvgIpc) is 1.37. The Labute approximate surface area is 31.6 Å². The summed E-state index contributed by atoms with van der Waals surface area (Å²) in [5, 5.41) is 0. The number of nitrogens with two attached hydrogens (primary N) is 1. The van der Waals surface area contributed by atoms with E-state index < -0.39 is 0 Å². The van der Waals surface area contributed by atoms with Gasteiger partial charge in [-0.25, -0.2) is 0 Å². The van der Waals surface area contributed by atoms with Gasteiger partial charge in [-0.15, -0.1) is 6.58 Å². The van der Waals surface area contributed by atoms with Crippen molar-refractivity contribution < 1.29 is 5.48 Å². The topological polar surface area (TPSA) is 57.5 Å². The van der Waals surface area contributed by atoms with E-state index in [1.807, 2.05) is 0 Å². The molecule has 0 aromatic rings. The predicted octanol–water partition coefficient (Wildman–Crippen LogP) is -0.694. The lowest BCUT2D eigenvalue weighted by molar-refractivity contribution is 0.824. The minimum Gasteiger partial charge on any atom is -0.412 e. The Balaban J connectivity index is 0. The Morgan fingerprint density at radius 3 is 2.00 bits per heavy atom. The van der Waals surface area contributed by atoms with Crippen LogP contribution in [0.15, 0.2) is 12.7 Å². The normalized spacial score (nSPS) is 5.00. The summed E-state index contributed by atoms with van der Waals surface area (Å²) in [7, 11) is 0. The van der Waals surface area contributed by atoms with Crippen LogP contribution in [0.5, 0.6) is 0 Å². The van der Waals surface area contributed by atoms with E-state index in [9.17, 15) is 0 Å². The Bertz CT molecular complexity index is 20.9. The molecule has 32 valence electrons. The molecule has 5 heavy (non-hydrogen) atoms. The van der Waals surface area contributed by atoms with Crippen LogP contribution in [0.2, 0.25) is 0 Å². The van der Waals surface area contributed by atoms with Gasteiger partial charge in [-0.1, -0.05) is 6.08 Å². The van der Waals surface area contributed by atoms with Gasteiger partial charge in [0.2, 0.25) is 0 Å². The first-order valence-electron chi connectivity index (χ1n) is 1.22. The molecule has 2 nitrogen and oxygen atoms in total. The largest absolute Gasteiger partial charge is 0.412 e. The number of hydrogen-bond acceptors (Lipinski definition) is 1. The quantitative estimate of drug-likeness (QED) is 0.412. The van der Waals surface area contributed by atoms with Gasteiger partial charge in [0.25, 0.3) is 0 Å². The molecule has 0 fully saturated rings. The fraction of sp³-hybridized carbons (Fsp3) is 0.333.